The van der Waals surface area contributed by atoms with E-state index in [4.69, 9.17) is 0 Å². The molecule has 5 nitrogen and oxygen atoms in total. The first-order chi connectivity index (χ1) is 9.49. The van der Waals surface area contributed by atoms with Crippen molar-refractivity contribution in [3.63, 3.8) is 0 Å². The third kappa shape index (κ3) is 3.39. The molecule has 0 spiro atoms. The molecule has 1 amide bonds. The van der Waals surface area contributed by atoms with Crippen LogP contribution >= 0.6 is 0 Å². The Morgan fingerprint density at radius 3 is 2.85 bits per heavy atom. The summed E-state index contributed by atoms with van der Waals surface area (Å²) in [4.78, 5) is 12.3. The van der Waals surface area contributed by atoms with E-state index in [0.29, 0.717) is 11.5 Å². The van der Waals surface area contributed by atoms with Gasteiger partial charge in [0.25, 0.3) is 5.91 Å². The monoisotopic (exact) mass is 279 g/mol. The van der Waals surface area contributed by atoms with Gasteiger partial charge in [-0.1, -0.05) is 26.7 Å². The fourth-order valence-corrected chi connectivity index (χ4v) is 2.73. The normalized spacial score (nSPS) is 23.1. The number of carbonyl (C=O) groups is 1. The van der Waals surface area contributed by atoms with E-state index < -0.39 is 6.10 Å². The van der Waals surface area contributed by atoms with Gasteiger partial charge in [0, 0.05) is 12.2 Å². The summed E-state index contributed by atoms with van der Waals surface area (Å²) in [5, 5.41) is 17.2. The van der Waals surface area contributed by atoms with Gasteiger partial charge in [-0.3, -0.25) is 9.48 Å². The van der Waals surface area contributed by atoms with Gasteiger partial charge < -0.3 is 10.4 Å². The van der Waals surface area contributed by atoms with Crippen LogP contribution in [0.25, 0.3) is 0 Å². The minimum atomic E-state index is -0.418. The van der Waals surface area contributed by atoms with Crippen molar-refractivity contribution in [3.05, 3.63) is 17.5 Å². The first kappa shape index (κ1) is 15.0. The molecule has 0 saturated heterocycles. The number of aromatic nitrogens is 2. The Morgan fingerprint density at radius 2 is 2.20 bits per heavy atom. The first-order valence-corrected chi connectivity index (χ1v) is 7.50. The van der Waals surface area contributed by atoms with Crippen molar-refractivity contribution in [1.82, 2.24) is 15.1 Å². The number of aliphatic hydroxyl groups excluding tert-OH is 1. The molecule has 112 valence electrons. The van der Waals surface area contributed by atoms with Gasteiger partial charge in [-0.2, -0.15) is 5.10 Å². The second-order valence-electron chi connectivity index (χ2n) is 6.15. The van der Waals surface area contributed by atoms with Crippen LogP contribution < -0.4 is 5.32 Å². The van der Waals surface area contributed by atoms with Gasteiger partial charge >= 0.3 is 0 Å². The highest BCUT2D eigenvalue weighted by Gasteiger charge is 2.26. The maximum atomic E-state index is 12.3. The largest absolute Gasteiger partial charge is 0.391 e. The van der Waals surface area contributed by atoms with Crippen LogP contribution in [0.4, 0.5) is 0 Å². The Kier molecular flexibility index (Phi) is 4.81. The molecular weight excluding hydrogens is 254 g/mol. The van der Waals surface area contributed by atoms with Gasteiger partial charge in [-0.15, -0.1) is 0 Å². The lowest BCUT2D eigenvalue weighted by molar-refractivity contribution is 0.0716. The molecule has 1 aromatic rings. The average Bonchev–Trinajstić information content (AvgIpc) is 2.73. The average molecular weight is 279 g/mol. The van der Waals surface area contributed by atoms with Crippen LogP contribution in [0.15, 0.2) is 6.20 Å². The van der Waals surface area contributed by atoms with E-state index in [-0.39, 0.29) is 11.9 Å². The Bertz CT molecular complexity index is 468. The van der Waals surface area contributed by atoms with Crippen molar-refractivity contribution >= 4 is 5.91 Å². The fraction of sp³-hybridized carbons (Fsp3) is 0.733. The lowest BCUT2D eigenvalue weighted by atomic mass is 9.92. The van der Waals surface area contributed by atoms with Crippen molar-refractivity contribution in [1.29, 1.82) is 0 Å². The minimum Gasteiger partial charge on any atom is -0.391 e. The van der Waals surface area contributed by atoms with Gasteiger partial charge in [0.05, 0.1) is 23.9 Å². The molecule has 20 heavy (non-hydrogen) atoms. The van der Waals surface area contributed by atoms with Crippen LogP contribution in [0, 0.1) is 12.8 Å². The molecule has 1 aliphatic rings. The van der Waals surface area contributed by atoms with Crippen LogP contribution in [0.5, 0.6) is 0 Å². The van der Waals surface area contributed by atoms with Crippen molar-refractivity contribution < 1.29 is 9.90 Å². The summed E-state index contributed by atoms with van der Waals surface area (Å²) in [5.74, 6) is 0.369. The smallest absolute Gasteiger partial charge is 0.255 e. The summed E-state index contributed by atoms with van der Waals surface area (Å²) in [7, 11) is 0. The quantitative estimate of drug-likeness (QED) is 0.884. The predicted octanol–water partition coefficient (Wildman–Crippen LogP) is 1.88. The molecular formula is C15H25N3O2. The highest BCUT2D eigenvalue weighted by molar-refractivity contribution is 5.95. The van der Waals surface area contributed by atoms with Crippen LogP contribution in [0.3, 0.4) is 0 Å². The van der Waals surface area contributed by atoms with E-state index in [1.165, 1.54) is 0 Å². The Labute approximate surface area is 120 Å². The van der Waals surface area contributed by atoms with Crippen LogP contribution in [-0.4, -0.2) is 32.9 Å². The van der Waals surface area contributed by atoms with Crippen molar-refractivity contribution in [3.8, 4) is 0 Å². The van der Waals surface area contributed by atoms with Gasteiger partial charge in [-0.25, -0.2) is 0 Å². The van der Waals surface area contributed by atoms with E-state index in [1.807, 2.05) is 11.6 Å². The third-order valence-corrected chi connectivity index (χ3v) is 3.93. The second kappa shape index (κ2) is 6.39. The zero-order chi connectivity index (χ0) is 14.7. The van der Waals surface area contributed by atoms with Crippen LogP contribution in [0.2, 0.25) is 0 Å². The van der Waals surface area contributed by atoms with Crippen molar-refractivity contribution in [2.45, 2.75) is 65.1 Å². The zero-order valence-electron chi connectivity index (χ0n) is 12.6. The van der Waals surface area contributed by atoms with Gasteiger partial charge in [0.2, 0.25) is 0 Å². The molecule has 2 atom stereocenters. The fourth-order valence-electron chi connectivity index (χ4n) is 2.73. The Balaban J connectivity index is 2.03. The maximum absolute atomic E-state index is 12.3. The highest BCUT2D eigenvalue weighted by atomic mass is 16.3. The van der Waals surface area contributed by atoms with E-state index in [0.717, 1.165) is 37.9 Å². The molecule has 2 rings (SSSR count). The summed E-state index contributed by atoms with van der Waals surface area (Å²) < 4.78 is 1.87. The summed E-state index contributed by atoms with van der Waals surface area (Å²) in [6.07, 6.45) is 4.94. The van der Waals surface area contributed by atoms with Gasteiger partial charge in [0.15, 0.2) is 0 Å². The highest BCUT2D eigenvalue weighted by Crippen LogP contribution is 2.19. The molecule has 5 heteroatoms. The van der Waals surface area contributed by atoms with Crippen molar-refractivity contribution in [2.75, 3.05) is 0 Å². The molecule has 2 unspecified atom stereocenters. The molecule has 0 aromatic carbocycles. The van der Waals surface area contributed by atoms with Crippen LogP contribution in [-0.2, 0) is 6.54 Å². The van der Waals surface area contributed by atoms with Crippen molar-refractivity contribution in [2.24, 2.45) is 5.92 Å². The molecule has 1 fully saturated rings. The molecule has 1 heterocycles. The van der Waals surface area contributed by atoms with E-state index >= 15 is 0 Å². The summed E-state index contributed by atoms with van der Waals surface area (Å²) in [6, 6.07) is -0.121. The van der Waals surface area contributed by atoms with Crippen LogP contribution in [0.1, 0.15) is 55.6 Å². The second-order valence-corrected chi connectivity index (χ2v) is 6.15. The molecule has 1 aliphatic carbocycles. The number of hydrogen-bond acceptors (Lipinski definition) is 3. The van der Waals surface area contributed by atoms with E-state index in [9.17, 15) is 9.90 Å². The molecule has 0 radical (unpaired) electrons. The minimum absolute atomic E-state index is 0.121. The Hall–Kier alpha value is -1.36. The molecule has 0 bridgehead atoms. The van der Waals surface area contributed by atoms with Gasteiger partial charge in [0.1, 0.15) is 0 Å². The number of hydrogen-bond donors (Lipinski definition) is 2. The summed E-state index contributed by atoms with van der Waals surface area (Å²) >= 11 is 0. The lowest BCUT2D eigenvalue weighted by Gasteiger charge is -2.28. The summed E-state index contributed by atoms with van der Waals surface area (Å²) in [5.41, 5.74) is 1.50. The third-order valence-electron chi connectivity index (χ3n) is 3.93. The SMILES string of the molecule is Cc1c(C(=O)NC2CCCCC2O)cnn1CC(C)C. The first-order valence-electron chi connectivity index (χ1n) is 7.50. The zero-order valence-corrected chi connectivity index (χ0v) is 12.6. The molecule has 1 saturated carbocycles. The number of aliphatic hydroxyl groups is 1. The standard InChI is InChI=1S/C15H25N3O2/c1-10(2)9-18-11(3)12(8-16-18)15(20)17-13-6-4-5-7-14(13)19/h8,10,13-14,19H,4-7,9H2,1-3H3,(H,17,20). The topological polar surface area (TPSA) is 67.2 Å². The maximum Gasteiger partial charge on any atom is 0.255 e. The molecule has 2 N–H and O–H groups in total. The molecule has 0 aliphatic heterocycles. The number of nitrogens with one attached hydrogen (secondary N) is 1. The van der Waals surface area contributed by atoms with E-state index in [2.05, 4.69) is 24.3 Å². The number of amides is 1. The molecule has 1 aromatic heterocycles. The van der Waals surface area contributed by atoms with E-state index in [1.54, 1.807) is 6.20 Å². The summed E-state index contributed by atoms with van der Waals surface area (Å²) in [6.45, 7) is 6.98. The van der Waals surface area contributed by atoms with Gasteiger partial charge in [-0.05, 0) is 25.7 Å². The predicted molar refractivity (Wildman–Crippen MR) is 77.5 cm³/mol. The number of nitrogens with zero attached hydrogens (tertiary/aromatic N) is 2. The Morgan fingerprint density at radius 1 is 1.50 bits per heavy atom. The number of rotatable bonds is 4. The number of carbonyl (C=O) groups excluding carboxylic acids is 1. The lowest BCUT2D eigenvalue weighted by Crippen LogP contribution is -2.45.